The largest absolute Gasteiger partial charge is 0.416 e. The molecule has 0 aliphatic carbocycles. The van der Waals surface area contributed by atoms with Gasteiger partial charge in [0, 0.05) is 12.4 Å². The van der Waals surface area contributed by atoms with Crippen molar-refractivity contribution in [3.63, 3.8) is 0 Å². The molecule has 0 radical (unpaired) electrons. The lowest BCUT2D eigenvalue weighted by Gasteiger charge is -2.08. The molecule has 9 heteroatoms. The normalized spacial score (nSPS) is 11.8. The predicted octanol–water partition coefficient (Wildman–Crippen LogP) is 1.93. The maximum Gasteiger partial charge on any atom is 0.416 e. The maximum atomic E-state index is 12.5. The molecule has 0 atom stereocenters. The van der Waals surface area contributed by atoms with E-state index in [1.807, 2.05) is 0 Å². The molecular weight excluding hydrogens is 285 g/mol. The van der Waals surface area contributed by atoms with Crippen LogP contribution in [0.4, 0.5) is 13.2 Å². The average molecular weight is 294 g/mol. The fourth-order valence-electron chi connectivity index (χ4n) is 1.84. The highest BCUT2D eigenvalue weighted by Gasteiger charge is 2.30. The van der Waals surface area contributed by atoms with Crippen molar-refractivity contribution in [3.05, 3.63) is 54.4 Å². The second-order valence-electron chi connectivity index (χ2n) is 4.29. The number of hydrogen-bond acceptors (Lipinski definition) is 4. The Morgan fingerprint density at radius 3 is 2.48 bits per heavy atom. The van der Waals surface area contributed by atoms with Crippen LogP contribution in [0.3, 0.4) is 0 Å². The van der Waals surface area contributed by atoms with Gasteiger partial charge in [0.2, 0.25) is 0 Å². The molecule has 108 valence electrons. The topological polar surface area (TPSA) is 61.4 Å². The van der Waals surface area contributed by atoms with E-state index in [1.165, 1.54) is 16.8 Å². The van der Waals surface area contributed by atoms with Crippen LogP contribution in [0.5, 0.6) is 0 Å². The third-order valence-corrected chi connectivity index (χ3v) is 2.86. The highest BCUT2D eigenvalue weighted by Crippen LogP contribution is 2.29. The Hall–Kier alpha value is -2.71. The van der Waals surface area contributed by atoms with Crippen molar-refractivity contribution in [1.82, 2.24) is 29.8 Å². The summed E-state index contributed by atoms with van der Waals surface area (Å²) >= 11 is 0. The van der Waals surface area contributed by atoms with Gasteiger partial charge in [-0.3, -0.25) is 0 Å². The molecule has 2 heterocycles. The van der Waals surface area contributed by atoms with Crippen LogP contribution in [0, 0.1) is 0 Å². The summed E-state index contributed by atoms with van der Waals surface area (Å²) in [6.45, 7) is 0.369. The van der Waals surface area contributed by atoms with Crippen LogP contribution >= 0.6 is 0 Å². The second-order valence-corrected chi connectivity index (χ2v) is 4.29. The number of rotatable bonds is 3. The van der Waals surface area contributed by atoms with Crippen LogP contribution in [0.15, 0.2) is 43.0 Å². The van der Waals surface area contributed by atoms with E-state index < -0.39 is 11.7 Å². The van der Waals surface area contributed by atoms with Gasteiger partial charge in [0.05, 0.1) is 24.1 Å². The SMILES string of the molecule is FC(F)(F)c1ccc(-n2nnnc2Cn2ccnc2)cc1. The van der Waals surface area contributed by atoms with Gasteiger partial charge in [-0.25, -0.2) is 4.98 Å². The molecule has 0 saturated carbocycles. The molecule has 0 N–H and O–H groups in total. The highest BCUT2D eigenvalue weighted by molar-refractivity contribution is 5.35. The molecule has 1 aromatic carbocycles. The van der Waals surface area contributed by atoms with Gasteiger partial charge in [-0.1, -0.05) is 0 Å². The standard InChI is InChI=1S/C12H9F3N6/c13-12(14,15)9-1-3-10(4-2-9)21-11(17-18-19-21)7-20-6-5-16-8-20/h1-6,8H,7H2. The lowest BCUT2D eigenvalue weighted by Crippen LogP contribution is -2.09. The number of aromatic nitrogens is 6. The Kier molecular flexibility index (Phi) is 3.16. The summed E-state index contributed by atoms with van der Waals surface area (Å²) in [6.07, 6.45) is 0.600. The first-order valence-corrected chi connectivity index (χ1v) is 5.95. The molecule has 0 aliphatic rings. The number of imidazole rings is 1. The Morgan fingerprint density at radius 1 is 1.10 bits per heavy atom. The van der Waals surface area contributed by atoms with E-state index in [0.717, 1.165) is 12.1 Å². The summed E-state index contributed by atoms with van der Waals surface area (Å²) in [4.78, 5) is 3.90. The van der Waals surface area contributed by atoms with Gasteiger partial charge in [0.15, 0.2) is 5.82 Å². The van der Waals surface area contributed by atoms with Gasteiger partial charge >= 0.3 is 6.18 Å². The van der Waals surface area contributed by atoms with E-state index in [0.29, 0.717) is 18.1 Å². The summed E-state index contributed by atoms with van der Waals surface area (Å²) in [5.41, 5.74) is -0.251. The molecule has 21 heavy (non-hydrogen) atoms. The molecule has 0 unspecified atom stereocenters. The summed E-state index contributed by atoms with van der Waals surface area (Å²) in [7, 11) is 0. The van der Waals surface area contributed by atoms with E-state index in [4.69, 9.17) is 0 Å². The monoisotopic (exact) mass is 294 g/mol. The fraction of sp³-hybridized carbons (Fsp3) is 0.167. The summed E-state index contributed by atoms with van der Waals surface area (Å²) in [5, 5.41) is 11.2. The molecule has 0 bridgehead atoms. The zero-order valence-electron chi connectivity index (χ0n) is 10.6. The number of tetrazole rings is 1. The van der Waals surface area contributed by atoms with Crippen molar-refractivity contribution in [2.45, 2.75) is 12.7 Å². The van der Waals surface area contributed by atoms with Crippen LogP contribution in [0.2, 0.25) is 0 Å². The average Bonchev–Trinajstić information content (AvgIpc) is 3.10. The Bertz CT molecular complexity index is 714. The minimum atomic E-state index is -4.36. The minimum absolute atomic E-state index is 0.369. The second kappa shape index (κ2) is 5.00. The van der Waals surface area contributed by atoms with Crippen molar-refractivity contribution in [2.24, 2.45) is 0 Å². The molecule has 3 aromatic rings. The van der Waals surface area contributed by atoms with Crippen LogP contribution < -0.4 is 0 Å². The molecule has 6 nitrogen and oxygen atoms in total. The first-order chi connectivity index (χ1) is 10.0. The van der Waals surface area contributed by atoms with Crippen molar-refractivity contribution >= 4 is 0 Å². The number of benzene rings is 1. The van der Waals surface area contributed by atoms with Crippen molar-refractivity contribution in [2.75, 3.05) is 0 Å². The number of hydrogen-bond donors (Lipinski definition) is 0. The Labute approximate surface area is 116 Å². The lowest BCUT2D eigenvalue weighted by molar-refractivity contribution is -0.137. The van der Waals surface area contributed by atoms with E-state index in [1.54, 1.807) is 23.3 Å². The number of nitrogens with zero attached hydrogens (tertiary/aromatic N) is 6. The quantitative estimate of drug-likeness (QED) is 0.740. The minimum Gasteiger partial charge on any atom is -0.330 e. The molecule has 0 aliphatic heterocycles. The van der Waals surface area contributed by atoms with Crippen molar-refractivity contribution < 1.29 is 13.2 Å². The first-order valence-electron chi connectivity index (χ1n) is 5.95. The van der Waals surface area contributed by atoms with Gasteiger partial charge in [-0.15, -0.1) is 5.10 Å². The van der Waals surface area contributed by atoms with Gasteiger partial charge in [-0.2, -0.15) is 17.9 Å². The zero-order chi connectivity index (χ0) is 14.9. The van der Waals surface area contributed by atoms with Crippen LogP contribution in [0.25, 0.3) is 5.69 Å². The third kappa shape index (κ3) is 2.76. The van der Waals surface area contributed by atoms with Gasteiger partial charge in [0.25, 0.3) is 0 Å². The molecule has 0 saturated heterocycles. The van der Waals surface area contributed by atoms with Gasteiger partial charge in [0.1, 0.15) is 0 Å². The smallest absolute Gasteiger partial charge is 0.330 e. The van der Waals surface area contributed by atoms with E-state index in [2.05, 4.69) is 20.5 Å². The number of halogens is 3. The van der Waals surface area contributed by atoms with E-state index in [9.17, 15) is 13.2 Å². The molecule has 0 amide bonds. The van der Waals surface area contributed by atoms with Crippen LogP contribution in [-0.2, 0) is 12.7 Å². The summed E-state index contributed by atoms with van der Waals surface area (Å²) < 4.78 is 40.8. The Balaban J connectivity index is 1.89. The van der Waals surface area contributed by atoms with Crippen LogP contribution in [0.1, 0.15) is 11.4 Å². The fourth-order valence-corrected chi connectivity index (χ4v) is 1.84. The van der Waals surface area contributed by atoms with Gasteiger partial charge in [-0.05, 0) is 34.7 Å². The maximum absolute atomic E-state index is 12.5. The molecule has 0 spiro atoms. The zero-order valence-corrected chi connectivity index (χ0v) is 10.6. The van der Waals surface area contributed by atoms with E-state index >= 15 is 0 Å². The van der Waals surface area contributed by atoms with E-state index in [-0.39, 0.29) is 0 Å². The van der Waals surface area contributed by atoms with Gasteiger partial charge < -0.3 is 4.57 Å². The predicted molar refractivity (Wildman–Crippen MR) is 65.5 cm³/mol. The Morgan fingerprint density at radius 2 is 1.86 bits per heavy atom. The number of alkyl halides is 3. The highest BCUT2D eigenvalue weighted by atomic mass is 19.4. The van der Waals surface area contributed by atoms with Crippen molar-refractivity contribution in [3.8, 4) is 5.69 Å². The summed E-state index contributed by atoms with van der Waals surface area (Å²) in [5.74, 6) is 0.493. The third-order valence-electron chi connectivity index (χ3n) is 2.86. The molecule has 3 rings (SSSR count). The molecule has 2 aromatic heterocycles. The first kappa shape index (κ1) is 13.3. The molecule has 0 fully saturated rings. The molecular formula is C12H9F3N6. The van der Waals surface area contributed by atoms with Crippen LogP contribution in [-0.4, -0.2) is 29.8 Å². The van der Waals surface area contributed by atoms with Crippen molar-refractivity contribution in [1.29, 1.82) is 0 Å². The lowest BCUT2D eigenvalue weighted by atomic mass is 10.2. The summed E-state index contributed by atoms with van der Waals surface area (Å²) in [6, 6.07) is 4.66.